The molecule has 1 unspecified atom stereocenters. The Bertz CT molecular complexity index is 1750. The maximum absolute atomic E-state index is 15.8. The number of fused-ring (bicyclic) bond motifs is 2. The lowest BCUT2D eigenvalue weighted by atomic mass is 9.84. The number of rotatable bonds is 8. The normalized spacial score (nSPS) is 19.2. The molecule has 7 rings (SSSR count). The van der Waals surface area contributed by atoms with Gasteiger partial charge >= 0.3 is 0 Å². The summed E-state index contributed by atoms with van der Waals surface area (Å²) >= 11 is 1.24. The molecule has 2 amide bonds. The van der Waals surface area contributed by atoms with Gasteiger partial charge in [0.25, 0.3) is 11.8 Å². The van der Waals surface area contributed by atoms with Crippen molar-refractivity contribution in [1.29, 1.82) is 0 Å². The van der Waals surface area contributed by atoms with Crippen LogP contribution in [0.15, 0.2) is 48.2 Å². The molecule has 1 N–H and O–H groups in total. The molecule has 0 saturated carbocycles. The van der Waals surface area contributed by atoms with E-state index < -0.39 is 29.8 Å². The van der Waals surface area contributed by atoms with Crippen LogP contribution >= 0.6 is 11.3 Å². The van der Waals surface area contributed by atoms with Crippen LogP contribution in [0.3, 0.4) is 0 Å². The number of carbonyl (C=O) groups is 2. The fourth-order valence-corrected chi connectivity index (χ4v) is 7.73. The number of piperidine rings is 1. The Balaban J connectivity index is 1.20. The van der Waals surface area contributed by atoms with Crippen LogP contribution in [0.1, 0.15) is 77.1 Å². The summed E-state index contributed by atoms with van der Waals surface area (Å²) < 4.78 is 31.9. The maximum Gasteiger partial charge on any atom is 0.255 e. The van der Waals surface area contributed by atoms with Gasteiger partial charge in [-0.05, 0) is 79.2 Å². The molecule has 2 aromatic heterocycles. The molecular formula is C34H36F2N6O2S. The van der Waals surface area contributed by atoms with Crippen molar-refractivity contribution in [1.82, 2.24) is 24.3 Å². The van der Waals surface area contributed by atoms with E-state index in [2.05, 4.69) is 46.2 Å². The number of thiazole rings is 1. The van der Waals surface area contributed by atoms with Gasteiger partial charge in [-0.1, -0.05) is 32.0 Å². The highest BCUT2D eigenvalue weighted by Gasteiger charge is 2.43. The summed E-state index contributed by atoms with van der Waals surface area (Å²) in [6.07, 6.45) is 5.18. The first kappa shape index (κ1) is 29.7. The van der Waals surface area contributed by atoms with E-state index >= 15 is 4.39 Å². The number of nitrogens with zero attached hydrogens (tertiary/aromatic N) is 5. The third-order valence-electron chi connectivity index (χ3n) is 9.62. The molecule has 0 radical (unpaired) electrons. The summed E-state index contributed by atoms with van der Waals surface area (Å²) in [7, 11) is 0. The number of aromatic nitrogens is 3. The lowest BCUT2D eigenvalue weighted by Crippen LogP contribution is -2.38. The largest absolute Gasteiger partial charge is 0.331 e. The Labute approximate surface area is 265 Å². The van der Waals surface area contributed by atoms with Crippen molar-refractivity contribution in [2.75, 3.05) is 25.0 Å². The van der Waals surface area contributed by atoms with Crippen LogP contribution in [0.2, 0.25) is 0 Å². The number of anilines is 1. The van der Waals surface area contributed by atoms with Crippen LogP contribution in [0.4, 0.5) is 13.9 Å². The molecule has 45 heavy (non-hydrogen) atoms. The van der Waals surface area contributed by atoms with Gasteiger partial charge in [-0.2, -0.15) is 0 Å². The smallest absolute Gasteiger partial charge is 0.255 e. The molecule has 8 nitrogen and oxygen atoms in total. The van der Waals surface area contributed by atoms with Crippen LogP contribution in [-0.4, -0.2) is 62.0 Å². The molecule has 3 aliphatic rings. The van der Waals surface area contributed by atoms with Crippen LogP contribution in [-0.2, 0) is 30.7 Å². The van der Waals surface area contributed by atoms with E-state index in [0.29, 0.717) is 28.0 Å². The minimum Gasteiger partial charge on any atom is -0.331 e. The molecular weight excluding hydrogens is 594 g/mol. The molecule has 1 fully saturated rings. The van der Waals surface area contributed by atoms with Crippen molar-refractivity contribution < 1.29 is 18.4 Å². The van der Waals surface area contributed by atoms with Crippen molar-refractivity contribution in [3.8, 4) is 11.1 Å². The van der Waals surface area contributed by atoms with Gasteiger partial charge < -0.3 is 14.4 Å². The molecule has 0 bridgehead atoms. The van der Waals surface area contributed by atoms with Gasteiger partial charge in [-0.15, -0.1) is 11.3 Å². The number of hydrogen-bond donors (Lipinski definition) is 1. The minimum absolute atomic E-state index is 0.0946. The summed E-state index contributed by atoms with van der Waals surface area (Å²) in [6, 6.07) is 8.38. The Hall–Kier alpha value is -3.96. The fourth-order valence-electron chi connectivity index (χ4n) is 7.20. The fraction of sp³-hybridized carbons (Fsp3) is 0.412. The van der Waals surface area contributed by atoms with Gasteiger partial charge in [0.2, 0.25) is 0 Å². The highest BCUT2D eigenvalue weighted by molar-refractivity contribution is 7.13. The number of amides is 2. The minimum atomic E-state index is -1.18. The SMILES string of the molecule is CCc1cc(-c2cc(F)c3c(c2)C(=O)N(C(C(=O)Nc2nccs2)c2ncn4c2C[C@@H](F)C4)C3)ccc1C1CCN(CC)CC1. The van der Waals surface area contributed by atoms with Crippen molar-refractivity contribution in [2.24, 2.45) is 0 Å². The number of halogens is 2. The van der Waals surface area contributed by atoms with E-state index in [9.17, 15) is 14.0 Å². The lowest BCUT2D eigenvalue weighted by Gasteiger charge is -2.32. The number of hydrogen-bond acceptors (Lipinski definition) is 6. The van der Waals surface area contributed by atoms with Gasteiger partial charge in [0.15, 0.2) is 11.2 Å². The quantitative estimate of drug-likeness (QED) is 0.253. The third kappa shape index (κ3) is 5.46. The van der Waals surface area contributed by atoms with E-state index in [1.54, 1.807) is 22.2 Å². The van der Waals surface area contributed by atoms with E-state index in [1.807, 2.05) is 6.07 Å². The number of alkyl halides is 1. The van der Waals surface area contributed by atoms with Gasteiger partial charge in [-0.25, -0.2) is 18.7 Å². The zero-order valence-corrected chi connectivity index (χ0v) is 26.2. The molecule has 4 aromatic rings. The van der Waals surface area contributed by atoms with Crippen molar-refractivity contribution in [2.45, 2.75) is 70.8 Å². The molecule has 1 saturated heterocycles. The number of imidazole rings is 1. The zero-order chi connectivity index (χ0) is 31.2. The molecule has 2 atom stereocenters. The summed E-state index contributed by atoms with van der Waals surface area (Å²) in [4.78, 5) is 40.2. The molecule has 3 aliphatic heterocycles. The van der Waals surface area contributed by atoms with E-state index in [-0.39, 0.29) is 30.6 Å². The van der Waals surface area contributed by atoms with Gasteiger partial charge in [0.05, 0.1) is 25.1 Å². The summed E-state index contributed by atoms with van der Waals surface area (Å²) in [6.45, 7) is 7.66. The standard InChI is InChI=1S/C34H36F2N6O2S/c1-3-20-13-22(5-6-25(20)21-7-10-40(4-2)11-8-21)23-14-26-27(28(36)15-23)18-42(33(26)44)31(32(43)39-34-37-9-12-45-34)30-29-16-24(35)17-41(29)19-38-30/h5-6,9,12-15,19,21,24,31H,3-4,7-8,10-11,16-18H2,1-2H3,(H,37,39,43)/t24-,31?/m1/s1. The first-order valence-corrected chi connectivity index (χ1v) is 16.6. The summed E-state index contributed by atoms with van der Waals surface area (Å²) in [5, 5.41) is 4.87. The molecule has 2 aromatic carbocycles. The Kier molecular flexibility index (Phi) is 7.99. The van der Waals surface area contributed by atoms with Crippen molar-refractivity contribution in [3.05, 3.63) is 87.7 Å². The molecule has 5 heterocycles. The average Bonchev–Trinajstić information content (AvgIpc) is 3.84. The first-order chi connectivity index (χ1) is 21.8. The lowest BCUT2D eigenvalue weighted by molar-refractivity contribution is -0.121. The van der Waals surface area contributed by atoms with Crippen LogP contribution in [0.25, 0.3) is 11.1 Å². The Morgan fingerprint density at radius 1 is 1.13 bits per heavy atom. The highest BCUT2D eigenvalue weighted by Crippen LogP contribution is 2.39. The summed E-state index contributed by atoms with van der Waals surface area (Å²) in [5.74, 6) is -0.973. The van der Waals surface area contributed by atoms with Crippen molar-refractivity contribution in [3.63, 3.8) is 0 Å². The number of benzene rings is 2. The van der Waals surface area contributed by atoms with E-state index in [1.165, 1.54) is 39.8 Å². The Morgan fingerprint density at radius 2 is 1.96 bits per heavy atom. The van der Waals surface area contributed by atoms with Gasteiger partial charge in [-0.3, -0.25) is 14.9 Å². The van der Waals surface area contributed by atoms with Crippen LogP contribution < -0.4 is 5.32 Å². The van der Waals surface area contributed by atoms with E-state index in [4.69, 9.17) is 0 Å². The predicted octanol–water partition coefficient (Wildman–Crippen LogP) is 6.14. The highest BCUT2D eigenvalue weighted by atomic mass is 32.1. The van der Waals surface area contributed by atoms with Crippen molar-refractivity contribution >= 4 is 28.3 Å². The van der Waals surface area contributed by atoms with E-state index in [0.717, 1.165) is 44.5 Å². The maximum atomic E-state index is 15.8. The monoisotopic (exact) mass is 630 g/mol. The molecule has 0 aliphatic carbocycles. The van der Waals surface area contributed by atoms with Gasteiger partial charge in [0.1, 0.15) is 12.0 Å². The zero-order valence-electron chi connectivity index (χ0n) is 25.4. The second kappa shape index (κ2) is 12.1. The number of aryl methyl sites for hydroxylation is 1. The topological polar surface area (TPSA) is 83.4 Å². The predicted molar refractivity (Wildman–Crippen MR) is 169 cm³/mol. The molecule has 11 heteroatoms. The van der Waals surface area contributed by atoms with Gasteiger partial charge in [0, 0.05) is 34.8 Å². The molecule has 0 spiro atoms. The van der Waals surface area contributed by atoms with Crippen LogP contribution in [0, 0.1) is 5.82 Å². The number of nitrogens with one attached hydrogen (secondary N) is 1. The number of likely N-dealkylation sites (tertiary alicyclic amines) is 1. The second-order valence-electron chi connectivity index (χ2n) is 12.2. The second-order valence-corrected chi connectivity index (χ2v) is 13.0. The summed E-state index contributed by atoms with van der Waals surface area (Å²) in [5.41, 5.74) is 5.42. The van der Waals surface area contributed by atoms with Crippen LogP contribution in [0.5, 0.6) is 0 Å². The first-order valence-electron chi connectivity index (χ1n) is 15.7. The third-order valence-corrected chi connectivity index (χ3v) is 10.3. The molecule has 234 valence electrons. The number of carbonyl (C=O) groups excluding carboxylic acids is 2. The average molecular weight is 631 g/mol. The Morgan fingerprint density at radius 3 is 2.69 bits per heavy atom.